The largest absolute Gasteiger partial charge is 0.480 e. The van der Waals surface area contributed by atoms with Crippen LogP contribution < -0.4 is 5.32 Å². The highest BCUT2D eigenvalue weighted by Gasteiger charge is 2.34. The Hall–Kier alpha value is -2.90. The molecule has 8 nitrogen and oxygen atoms in total. The Kier molecular flexibility index (Phi) is 5.96. The monoisotopic (exact) mass is 387 g/mol. The number of carbonyl (C=O) groups excluding carboxylic acids is 3. The Bertz CT molecular complexity index is 788. The van der Waals surface area contributed by atoms with E-state index in [4.69, 9.17) is 0 Å². The SMILES string of the molecule is C[C@H](NC(=O)c1cccc(C(=O)N2CCC[C@H]2C(=O)O)c1)C(=O)N1CCCC1. The summed E-state index contributed by atoms with van der Waals surface area (Å²) in [5, 5.41) is 12.0. The Morgan fingerprint density at radius 3 is 2.43 bits per heavy atom. The third-order valence-electron chi connectivity index (χ3n) is 5.31. The van der Waals surface area contributed by atoms with E-state index in [1.165, 1.54) is 11.0 Å². The molecular weight excluding hydrogens is 362 g/mol. The van der Waals surface area contributed by atoms with Crippen LogP contribution in [-0.2, 0) is 9.59 Å². The zero-order valence-corrected chi connectivity index (χ0v) is 15.9. The van der Waals surface area contributed by atoms with Crippen LogP contribution in [0.2, 0.25) is 0 Å². The van der Waals surface area contributed by atoms with Gasteiger partial charge < -0.3 is 20.2 Å². The lowest BCUT2D eigenvalue weighted by Crippen LogP contribution is -2.46. The molecule has 0 saturated carbocycles. The number of carbonyl (C=O) groups is 4. The molecule has 0 bridgehead atoms. The molecule has 8 heteroatoms. The standard InChI is InChI=1S/C20H25N3O5/c1-13(18(25)22-9-2-3-10-22)21-17(24)14-6-4-7-15(12-14)19(26)23-11-5-8-16(23)20(27)28/h4,6-7,12-13,16H,2-3,5,8-11H2,1H3,(H,21,24)(H,27,28)/t13-,16-/m0/s1. The molecule has 2 aliphatic rings. The molecule has 2 fully saturated rings. The third-order valence-corrected chi connectivity index (χ3v) is 5.31. The minimum absolute atomic E-state index is 0.112. The van der Waals surface area contributed by atoms with Gasteiger partial charge in [-0.15, -0.1) is 0 Å². The topological polar surface area (TPSA) is 107 Å². The first kappa shape index (κ1) is 19.9. The molecule has 0 aliphatic carbocycles. The average Bonchev–Trinajstić information content (AvgIpc) is 3.38. The molecule has 28 heavy (non-hydrogen) atoms. The summed E-state index contributed by atoms with van der Waals surface area (Å²) in [4.78, 5) is 52.0. The van der Waals surface area contributed by atoms with Gasteiger partial charge >= 0.3 is 5.97 Å². The zero-order valence-electron chi connectivity index (χ0n) is 15.9. The second-order valence-electron chi connectivity index (χ2n) is 7.30. The van der Waals surface area contributed by atoms with Crippen molar-refractivity contribution in [1.29, 1.82) is 0 Å². The number of amides is 3. The van der Waals surface area contributed by atoms with Crippen LogP contribution in [-0.4, -0.2) is 70.3 Å². The van der Waals surface area contributed by atoms with E-state index in [-0.39, 0.29) is 17.0 Å². The van der Waals surface area contributed by atoms with E-state index in [9.17, 15) is 24.3 Å². The molecule has 0 aromatic heterocycles. The molecule has 1 aromatic carbocycles. The van der Waals surface area contributed by atoms with E-state index < -0.39 is 29.9 Å². The Labute approximate surface area is 163 Å². The predicted octanol–water partition coefficient (Wildman–Crippen LogP) is 1.12. The summed E-state index contributed by atoms with van der Waals surface area (Å²) < 4.78 is 0. The minimum atomic E-state index is -1.02. The quantitative estimate of drug-likeness (QED) is 0.787. The van der Waals surface area contributed by atoms with Crippen LogP contribution in [0.1, 0.15) is 53.3 Å². The maximum absolute atomic E-state index is 12.7. The van der Waals surface area contributed by atoms with E-state index in [0.29, 0.717) is 32.5 Å². The van der Waals surface area contributed by atoms with Crippen molar-refractivity contribution in [2.24, 2.45) is 0 Å². The lowest BCUT2D eigenvalue weighted by Gasteiger charge is -2.22. The average molecular weight is 387 g/mol. The number of hydrogen-bond acceptors (Lipinski definition) is 4. The number of nitrogens with one attached hydrogen (secondary N) is 1. The molecular formula is C20H25N3O5. The van der Waals surface area contributed by atoms with E-state index in [0.717, 1.165) is 12.8 Å². The second-order valence-corrected chi connectivity index (χ2v) is 7.30. The molecule has 2 heterocycles. The normalized spacial score (nSPS) is 20.1. The number of hydrogen-bond donors (Lipinski definition) is 2. The fourth-order valence-electron chi connectivity index (χ4n) is 3.78. The minimum Gasteiger partial charge on any atom is -0.480 e. The summed E-state index contributed by atoms with van der Waals surface area (Å²) in [6.07, 6.45) is 3.02. The van der Waals surface area contributed by atoms with Gasteiger partial charge in [0.15, 0.2) is 0 Å². The molecule has 2 aliphatic heterocycles. The van der Waals surface area contributed by atoms with Gasteiger partial charge in [0.25, 0.3) is 11.8 Å². The summed E-state index contributed by atoms with van der Waals surface area (Å²) in [6.45, 7) is 3.45. The van der Waals surface area contributed by atoms with Crippen molar-refractivity contribution in [3.63, 3.8) is 0 Å². The highest BCUT2D eigenvalue weighted by molar-refractivity contribution is 6.02. The summed E-state index contributed by atoms with van der Waals surface area (Å²) in [7, 11) is 0. The van der Waals surface area contributed by atoms with Crippen molar-refractivity contribution in [1.82, 2.24) is 15.1 Å². The fourth-order valence-corrected chi connectivity index (χ4v) is 3.78. The summed E-state index contributed by atoms with van der Waals surface area (Å²) >= 11 is 0. The van der Waals surface area contributed by atoms with Crippen molar-refractivity contribution in [2.75, 3.05) is 19.6 Å². The molecule has 3 amide bonds. The zero-order chi connectivity index (χ0) is 20.3. The van der Waals surface area contributed by atoms with E-state index >= 15 is 0 Å². The number of rotatable bonds is 5. The lowest BCUT2D eigenvalue weighted by atomic mass is 10.1. The highest BCUT2D eigenvalue weighted by atomic mass is 16.4. The molecule has 2 N–H and O–H groups in total. The first-order valence-corrected chi connectivity index (χ1v) is 9.62. The van der Waals surface area contributed by atoms with Crippen LogP contribution in [0.15, 0.2) is 24.3 Å². The van der Waals surface area contributed by atoms with Gasteiger partial charge in [-0.2, -0.15) is 0 Å². The van der Waals surface area contributed by atoms with Crippen LogP contribution in [0.4, 0.5) is 0 Å². The van der Waals surface area contributed by atoms with Crippen LogP contribution in [0.5, 0.6) is 0 Å². The first-order valence-electron chi connectivity index (χ1n) is 9.62. The van der Waals surface area contributed by atoms with E-state index in [1.54, 1.807) is 30.0 Å². The van der Waals surface area contributed by atoms with Crippen molar-refractivity contribution in [3.05, 3.63) is 35.4 Å². The molecule has 0 unspecified atom stereocenters. The first-order chi connectivity index (χ1) is 13.4. The van der Waals surface area contributed by atoms with Gasteiger partial charge in [0.2, 0.25) is 5.91 Å². The smallest absolute Gasteiger partial charge is 0.326 e. The Morgan fingerprint density at radius 1 is 1.07 bits per heavy atom. The maximum atomic E-state index is 12.7. The van der Waals surface area contributed by atoms with Crippen LogP contribution in [0, 0.1) is 0 Å². The molecule has 2 atom stereocenters. The van der Waals surface area contributed by atoms with Crippen LogP contribution in [0.25, 0.3) is 0 Å². The lowest BCUT2D eigenvalue weighted by molar-refractivity contribution is -0.141. The van der Waals surface area contributed by atoms with E-state index in [2.05, 4.69) is 5.32 Å². The Morgan fingerprint density at radius 2 is 1.75 bits per heavy atom. The van der Waals surface area contributed by atoms with Gasteiger partial charge in [-0.3, -0.25) is 14.4 Å². The van der Waals surface area contributed by atoms with Crippen LogP contribution in [0.3, 0.4) is 0 Å². The van der Waals surface area contributed by atoms with Crippen molar-refractivity contribution >= 4 is 23.7 Å². The molecule has 0 spiro atoms. The van der Waals surface area contributed by atoms with Crippen molar-refractivity contribution < 1.29 is 24.3 Å². The number of likely N-dealkylation sites (tertiary alicyclic amines) is 2. The number of aliphatic carboxylic acids is 1. The molecule has 1 aromatic rings. The van der Waals surface area contributed by atoms with Gasteiger partial charge in [0.1, 0.15) is 12.1 Å². The third kappa shape index (κ3) is 4.16. The van der Waals surface area contributed by atoms with E-state index in [1.807, 2.05) is 0 Å². The van der Waals surface area contributed by atoms with Crippen LogP contribution >= 0.6 is 0 Å². The summed E-state index contributed by atoms with van der Waals surface area (Å²) in [6, 6.07) is 4.68. The maximum Gasteiger partial charge on any atom is 0.326 e. The molecule has 150 valence electrons. The summed E-state index contributed by atoms with van der Waals surface area (Å²) in [5.41, 5.74) is 0.525. The predicted molar refractivity (Wildman–Crippen MR) is 101 cm³/mol. The van der Waals surface area contributed by atoms with Gasteiger partial charge in [0, 0.05) is 30.8 Å². The van der Waals surface area contributed by atoms with Gasteiger partial charge in [-0.05, 0) is 50.8 Å². The second kappa shape index (κ2) is 8.41. The Balaban J connectivity index is 1.68. The van der Waals surface area contributed by atoms with Crippen molar-refractivity contribution in [3.8, 4) is 0 Å². The molecule has 3 rings (SSSR count). The number of nitrogens with zero attached hydrogens (tertiary/aromatic N) is 2. The number of carboxylic acids is 1. The van der Waals surface area contributed by atoms with Crippen molar-refractivity contribution in [2.45, 2.75) is 44.7 Å². The van der Waals surface area contributed by atoms with Gasteiger partial charge in [0.05, 0.1) is 0 Å². The fraction of sp³-hybridized carbons (Fsp3) is 0.500. The highest BCUT2D eigenvalue weighted by Crippen LogP contribution is 2.21. The molecule has 2 saturated heterocycles. The van der Waals surface area contributed by atoms with Gasteiger partial charge in [-0.1, -0.05) is 6.07 Å². The number of benzene rings is 1. The number of carboxylic acid groups (broad SMARTS) is 1. The summed E-state index contributed by atoms with van der Waals surface area (Å²) in [5.74, 6) is -1.97. The molecule has 0 radical (unpaired) electrons. The van der Waals surface area contributed by atoms with Gasteiger partial charge in [-0.25, -0.2) is 4.79 Å².